The van der Waals surface area contributed by atoms with Gasteiger partial charge in [0.2, 0.25) is 0 Å². The van der Waals surface area contributed by atoms with Crippen molar-refractivity contribution in [2.45, 2.75) is 0 Å². The van der Waals surface area contributed by atoms with Gasteiger partial charge < -0.3 is 0 Å². The molecule has 1 aromatic rings. The molecule has 0 aliphatic carbocycles. The molecule has 0 atom stereocenters. The third kappa shape index (κ3) is 1.65. The Balaban J connectivity index is 2.89. The number of aliphatic imine (C=N–C) groups is 1. The maximum absolute atomic E-state index is 3.90. The fraction of sp³-hybridized carbons (Fsp3) is 0.250. The average Bonchev–Trinajstić information content (AvgIpc) is 1.95. The van der Waals surface area contributed by atoms with Crippen molar-refractivity contribution in [2.24, 2.45) is 12.0 Å². The molecule has 0 saturated carbocycles. The van der Waals surface area contributed by atoms with Crippen molar-refractivity contribution in [1.82, 2.24) is 0 Å². The summed E-state index contributed by atoms with van der Waals surface area (Å²) in [6, 6.07) is 4.04. The van der Waals surface area contributed by atoms with Gasteiger partial charge in [-0.15, -0.1) is 0 Å². The van der Waals surface area contributed by atoms with Crippen LogP contribution in [0.25, 0.3) is 0 Å². The maximum Gasteiger partial charge on any atom is 0.169 e. The smallest absolute Gasteiger partial charge is 0.169 e. The molecule has 52 valence electrons. The Bertz CT molecular complexity index is 224. The second-order valence-corrected chi connectivity index (χ2v) is 2.18. The van der Waals surface area contributed by atoms with Gasteiger partial charge in [0.1, 0.15) is 7.05 Å². The Hall–Kier alpha value is -1.18. The normalized spacial score (nSPS) is 10.6. The van der Waals surface area contributed by atoms with E-state index >= 15 is 0 Å². The Morgan fingerprint density at radius 3 is 2.50 bits per heavy atom. The van der Waals surface area contributed by atoms with Crippen LogP contribution >= 0.6 is 0 Å². The van der Waals surface area contributed by atoms with E-state index in [-0.39, 0.29) is 0 Å². The number of hydrogen-bond donors (Lipinski definition) is 0. The van der Waals surface area contributed by atoms with E-state index in [1.165, 1.54) is 0 Å². The van der Waals surface area contributed by atoms with E-state index < -0.39 is 0 Å². The summed E-state index contributed by atoms with van der Waals surface area (Å²) < 4.78 is 1.99. The van der Waals surface area contributed by atoms with Crippen LogP contribution in [0.3, 0.4) is 0 Å². The Kier molecular flexibility index (Phi) is 2.15. The predicted octanol–water partition coefficient (Wildman–Crippen LogP) is 0.560. The first-order valence-corrected chi connectivity index (χ1v) is 3.20. The van der Waals surface area contributed by atoms with E-state index in [9.17, 15) is 0 Å². The molecule has 1 heterocycles. The number of hydrogen-bond acceptors (Lipinski definition) is 1. The Morgan fingerprint density at radius 2 is 2.00 bits per heavy atom. The van der Waals surface area contributed by atoms with Crippen LogP contribution in [0.2, 0.25) is 0 Å². The zero-order valence-corrected chi connectivity index (χ0v) is 6.28. The molecule has 0 radical (unpaired) electrons. The molecule has 0 saturated heterocycles. The molecule has 2 nitrogen and oxygen atoms in total. The molecule has 10 heavy (non-hydrogen) atoms. The van der Waals surface area contributed by atoms with Gasteiger partial charge in [-0.25, -0.2) is 4.57 Å². The quantitative estimate of drug-likeness (QED) is 0.395. The number of aromatic nitrogens is 1. The van der Waals surface area contributed by atoms with E-state index in [0.717, 1.165) is 5.56 Å². The molecule has 2 heteroatoms. The first kappa shape index (κ1) is 6.93. The lowest BCUT2D eigenvalue weighted by molar-refractivity contribution is -0.671. The van der Waals surface area contributed by atoms with Gasteiger partial charge in [0.15, 0.2) is 12.4 Å². The van der Waals surface area contributed by atoms with E-state index in [0.29, 0.717) is 0 Å². The fourth-order valence-corrected chi connectivity index (χ4v) is 0.748. The second kappa shape index (κ2) is 3.11. The minimum atomic E-state index is 1.14. The maximum atomic E-state index is 3.90. The predicted molar refractivity (Wildman–Crippen MR) is 41.1 cm³/mol. The number of rotatable bonds is 1. The average molecular weight is 135 g/mol. The molecule has 0 aliphatic heterocycles. The van der Waals surface area contributed by atoms with Crippen molar-refractivity contribution < 1.29 is 4.57 Å². The highest BCUT2D eigenvalue weighted by atomic mass is 14.9. The molecule has 0 N–H and O–H groups in total. The first-order chi connectivity index (χ1) is 4.83. The van der Waals surface area contributed by atoms with Gasteiger partial charge in [-0.3, -0.25) is 4.99 Å². The van der Waals surface area contributed by atoms with Gasteiger partial charge in [0.05, 0.1) is 0 Å². The van der Waals surface area contributed by atoms with Crippen LogP contribution in [-0.4, -0.2) is 13.3 Å². The van der Waals surface area contributed by atoms with Crippen molar-refractivity contribution in [2.75, 3.05) is 7.05 Å². The largest absolute Gasteiger partial charge is 0.296 e. The molecular weight excluding hydrogens is 124 g/mol. The third-order valence-electron chi connectivity index (χ3n) is 1.28. The van der Waals surface area contributed by atoms with E-state index in [1.807, 2.05) is 42.4 Å². The van der Waals surface area contributed by atoms with Crippen LogP contribution in [0.15, 0.2) is 29.5 Å². The van der Waals surface area contributed by atoms with Crippen molar-refractivity contribution in [3.63, 3.8) is 0 Å². The van der Waals surface area contributed by atoms with Crippen LogP contribution in [0.1, 0.15) is 5.56 Å². The monoisotopic (exact) mass is 135 g/mol. The van der Waals surface area contributed by atoms with Crippen LogP contribution in [0.5, 0.6) is 0 Å². The lowest BCUT2D eigenvalue weighted by Crippen LogP contribution is -2.25. The SMILES string of the molecule is CN=Cc1cc[n+](C)cc1. The summed E-state index contributed by atoms with van der Waals surface area (Å²) in [5, 5.41) is 0. The van der Waals surface area contributed by atoms with Crippen LogP contribution in [0.4, 0.5) is 0 Å². The molecule has 0 spiro atoms. The minimum absolute atomic E-state index is 1.14. The molecule has 0 bridgehead atoms. The van der Waals surface area contributed by atoms with Crippen LogP contribution in [-0.2, 0) is 7.05 Å². The zero-order valence-electron chi connectivity index (χ0n) is 6.28. The van der Waals surface area contributed by atoms with Crippen molar-refractivity contribution >= 4 is 6.21 Å². The van der Waals surface area contributed by atoms with E-state index in [1.54, 1.807) is 7.05 Å². The lowest BCUT2D eigenvalue weighted by Gasteiger charge is -1.87. The van der Waals surface area contributed by atoms with E-state index in [2.05, 4.69) is 4.99 Å². The summed E-state index contributed by atoms with van der Waals surface area (Å²) >= 11 is 0. The Morgan fingerprint density at radius 1 is 1.40 bits per heavy atom. The number of aryl methyl sites for hydroxylation is 1. The second-order valence-electron chi connectivity index (χ2n) is 2.18. The van der Waals surface area contributed by atoms with Crippen LogP contribution < -0.4 is 4.57 Å². The summed E-state index contributed by atoms with van der Waals surface area (Å²) in [6.45, 7) is 0. The molecular formula is C8H11N2+. The van der Waals surface area contributed by atoms with E-state index in [4.69, 9.17) is 0 Å². The first-order valence-electron chi connectivity index (χ1n) is 3.20. The molecule has 0 unspecified atom stereocenters. The summed E-state index contributed by atoms with van der Waals surface area (Å²) in [5.74, 6) is 0. The molecule has 0 aromatic carbocycles. The van der Waals surface area contributed by atoms with Crippen molar-refractivity contribution in [3.05, 3.63) is 30.1 Å². The van der Waals surface area contributed by atoms with Gasteiger partial charge in [-0.2, -0.15) is 0 Å². The molecule has 1 aromatic heterocycles. The van der Waals surface area contributed by atoms with Crippen molar-refractivity contribution in [3.8, 4) is 0 Å². The van der Waals surface area contributed by atoms with Gasteiger partial charge in [0, 0.05) is 31.0 Å². The topological polar surface area (TPSA) is 16.2 Å². The number of nitrogens with zero attached hydrogens (tertiary/aromatic N) is 2. The van der Waals surface area contributed by atoms with Crippen molar-refractivity contribution in [1.29, 1.82) is 0 Å². The number of pyridine rings is 1. The minimum Gasteiger partial charge on any atom is -0.296 e. The Labute approximate surface area is 60.9 Å². The zero-order chi connectivity index (χ0) is 7.40. The summed E-state index contributed by atoms with van der Waals surface area (Å²) in [4.78, 5) is 3.90. The fourth-order valence-electron chi connectivity index (χ4n) is 0.748. The molecule has 0 aliphatic rings. The third-order valence-corrected chi connectivity index (χ3v) is 1.28. The highest BCUT2D eigenvalue weighted by molar-refractivity contribution is 5.78. The standard InChI is InChI=1S/C8H11N2/c1-9-7-8-3-5-10(2)6-4-8/h3-7H,1-2H3/q+1. The summed E-state index contributed by atoms with van der Waals surface area (Å²) in [5.41, 5.74) is 1.14. The molecule has 0 fully saturated rings. The molecule has 0 amide bonds. The van der Waals surface area contributed by atoms with Gasteiger partial charge in [-0.05, 0) is 0 Å². The highest BCUT2D eigenvalue weighted by Gasteiger charge is 1.89. The van der Waals surface area contributed by atoms with Gasteiger partial charge in [-0.1, -0.05) is 0 Å². The van der Waals surface area contributed by atoms with Crippen LogP contribution in [0, 0.1) is 0 Å². The lowest BCUT2D eigenvalue weighted by atomic mass is 10.3. The summed E-state index contributed by atoms with van der Waals surface area (Å²) in [6.07, 6.45) is 5.83. The van der Waals surface area contributed by atoms with Gasteiger partial charge in [0.25, 0.3) is 0 Å². The highest BCUT2D eigenvalue weighted by Crippen LogP contribution is 1.88. The molecule has 1 rings (SSSR count). The summed E-state index contributed by atoms with van der Waals surface area (Å²) in [7, 11) is 3.76. The van der Waals surface area contributed by atoms with Gasteiger partial charge >= 0.3 is 0 Å².